The number of hydrogen-bond donors (Lipinski definition) is 2. The lowest BCUT2D eigenvalue weighted by Crippen LogP contribution is -2.01. The molecule has 72 valence electrons. The smallest absolute Gasteiger partial charge is 0.337 e. The van der Waals surface area contributed by atoms with Crippen molar-refractivity contribution in [2.24, 2.45) is 0 Å². The van der Waals surface area contributed by atoms with Gasteiger partial charge in [-0.25, -0.2) is 9.78 Å². The first kappa shape index (κ1) is 8.55. The molecule has 0 amide bonds. The minimum absolute atomic E-state index is 0.0358. The maximum absolute atomic E-state index is 10.7. The number of carboxylic acid groups (broad SMARTS) is 1. The molecule has 0 spiro atoms. The summed E-state index contributed by atoms with van der Waals surface area (Å²) in [5, 5.41) is 8.79. The lowest BCUT2D eigenvalue weighted by atomic mass is 10.1. The molecule has 0 aliphatic carbocycles. The second-order valence-electron chi connectivity index (χ2n) is 2.95. The van der Waals surface area contributed by atoms with E-state index in [1.54, 1.807) is 6.92 Å². The van der Waals surface area contributed by atoms with Crippen molar-refractivity contribution in [2.75, 3.05) is 5.73 Å². The third-order valence-electron chi connectivity index (χ3n) is 1.90. The monoisotopic (exact) mass is 192 g/mol. The van der Waals surface area contributed by atoms with Gasteiger partial charge in [-0.15, -0.1) is 0 Å². The molecule has 2 aromatic rings. The van der Waals surface area contributed by atoms with E-state index >= 15 is 0 Å². The number of nitrogens with two attached hydrogens (primary N) is 1. The van der Waals surface area contributed by atoms with Gasteiger partial charge in [0.05, 0.1) is 5.56 Å². The summed E-state index contributed by atoms with van der Waals surface area (Å²) < 4.78 is 5.18. The van der Waals surface area contributed by atoms with Crippen LogP contribution < -0.4 is 5.73 Å². The predicted octanol–water partition coefficient (Wildman–Crippen LogP) is 1.42. The maximum atomic E-state index is 10.7. The van der Waals surface area contributed by atoms with Crippen molar-refractivity contribution in [1.29, 1.82) is 0 Å². The Bertz CT molecular complexity index is 516. The minimum atomic E-state index is -1.07. The van der Waals surface area contributed by atoms with Crippen LogP contribution in [0, 0.1) is 6.92 Å². The highest BCUT2D eigenvalue weighted by molar-refractivity contribution is 5.98. The molecule has 5 heteroatoms. The average Bonchev–Trinajstić information content (AvgIpc) is 2.42. The molecule has 0 aliphatic heterocycles. The lowest BCUT2D eigenvalue weighted by molar-refractivity contribution is 0.0698. The molecule has 1 aromatic carbocycles. The van der Waals surface area contributed by atoms with E-state index in [4.69, 9.17) is 15.3 Å². The highest BCUT2D eigenvalue weighted by Gasteiger charge is 2.12. The second kappa shape index (κ2) is 2.73. The fraction of sp³-hybridized carbons (Fsp3) is 0.111. The Balaban J connectivity index is 2.76. The Morgan fingerprint density at radius 2 is 2.29 bits per heavy atom. The van der Waals surface area contributed by atoms with E-state index in [0.717, 1.165) is 0 Å². The van der Waals surface area contributed by atoms with Crippen LogP contribution in [0.15, 0.2) is 16.5 Å². The minimum Gasteiger partial charge on any atom is -0.478 e. The highest BCUT2D eigenvalue weighted by atomic mass is 16.4. The molecule has 0 fully saturated rings. The number of nitrogen functional groups attached to an aromatic ring is 1. The number of aromatic carboxylic acids is 1. The van der Waals surface area contributed by atoms with Crippen LogP contribution in [0.5, 0.6) is 0 Å². The second-order valence-corrected chi connectivity index (χ2v) is 2.95. The number of aryl methyl sites for hydroxylation is 1. The normalized spacial score (nSPS) is 10.6. The highest BCUT2D eigenvalue weighted by Crippen LogP contribution is 2.22. The van der Waals surface area contributed by atoms with Crippen LogP contribution in [-0.4, -0.2) is 16.1 Å². The van der Waals surface area contributed by atoms with Crippen molar-refractivity contribution in [3.05, 3.63) is 23.6 Å². The molecule has 0 aliphatic rings. The largest absolute Gasteiger partial charge is 0.478 e. The number of oxazole rings is 1. The summed E-state index contributed by atoms with van der Waals surface area (Å²) in [6.07, 6.45) is 0. The molecule has 3 N–H and O–H groups in total. The maximum Gasteiger partial charge on any atom is 0.337 e. The van der Waals surface area contributed by atoms with Crippen LogP contribution in [0.25, 0.3) is 11.1 Å². The molecule has 0 radical (unpaired) electrons. The molecular weight excluding hydrogens is 184 g/mol. The van der Waals surface area contributed by atoms with Crippen molar-refractivity contribution < 1.29 is 14.3 Å². The number of carboxylic acids is 1. The predicted molar refractivity (Wildman–Crippen MR) is 50.1 cm³/mol. The Morgan fingerprint density at radius 3 is 2.93 bits per heavy atom. The zero-order chi connectivity index (χ0) is 10.3. The number of aromatic nitrogens is 1. The third kappa shape index (κ3) is 1.19. The Hall–Kier alpha value is -2.04. The van der Waals surface area contributed by atoms with Gasteiger partial charge in [-0.2, -0.15) is 0 Å². The molecule has 0 saturated carbocycles. The van der Waals surface area contributed by atoms with Gasteiger partial charge < -0.3 is 15.3 Å². The van der Waals surface area contributed by atoms with Gasteiger partial charge in [-0.05, 0) is 12.1 Å². The standard InChI is InChI=1S/C9H8N2O3/c1-4-11-7-3-6(10)5(9(12)13)2-8(7)14-4/h2-3H,10H2,1H3,(H,12,13). The van der Waals surface area contributed by atoms with Gasteiger partial charge in [0.15, 0.2) is 11.5 Å². The van der Waals surface area contributed by atoms with Crippen LogP contribution in [0.3, 0.4) is 0 Å². The van der Waals surface area contributed by atoms with Crippen molar-refractivity contribution in [1.82, 2.24) is 4.98 Å². The fourth-order valence-electron chi connectivity index (χ4n) is 1.29. The van der Waals surface area contributed by atoms with E-state index in [2.05, 4.69) is 4.98 Å². The van der Waals surface area contributed by atoms with E-state index in [1.165, 1.54) is 12.1 Å². The molecule has 0 unspecified atom stereocenters. The number of nitrogens with zero attached hydrogens (tertiary/aromatic N) is 1. The first-order valence-corrected chi connectivity index (χ1v) is 3.98. The van der Waals surface area contributed by atoms with Gasteiger partial charge >= 0.3 is 5.97 Å². The summed E-state index contributed by atoms with van der Waals surface area (Å²) in [6.45, 7) is 1.69. The fourth-order valence-corrected chi connectivity index (χ4v) is 1.29. The number of benzene rings is 1. The first-order chi connectivity index (χ1) is 6.58. The van der Waals surface area contributed by atoms with Gasteiger partial charge in [0.1, 0.15) is 5.52 Å². The molecule has 5 nitrogen and oxygen atoms in total. The van der Waals surface area contributed by atoms with Gasteiger partial charge in [0.2, 0.25) is 0 Å². The Labute approximate surface area is 79.2 Å². The number of fused-ring (bicyclic) bond motifs is 1. The molecule has 0 atom stereocenters. The van der Waals surface area contributed by atoms with Crippen LogP contribution in [-0.2, 0) is 0 Å². The van der Waals surface area contributed by atoms with Crippen LogP contribution in [0.1, 0.15) is 16.2 Å². The number of carbonyl (C=O) groups is 1. The number of rotatable bonds is 1. The van der Waals surface area contributed by atoms with Gasteiger partial charge in [-0.3, -0.25) is 0 Å². The number of hydrogen-bond acceptors (Lipinski definition) is 4. The first-order valence-electron chi connectivity index (χ1n) is 3.98. The van der Waals surface area contributed by atoms with E-state index in [9.17, 15) is 4.79 Å². The van der Waals surface area contributed by atoms with E-state index in [-0.39, 0.29) is 11.3 Å². The molecule has 1 heterocycles. The lowest BCUT2D eigenvalue weighted by Gasteiger charge is -1.98. The molecule has 0 bridgehead atoms. The summed E-state index contributed by atoms with van der Waals surface area (Å²) in [5.41, 5.74) is 6.78. The van der Waals surface area contributed by atoms with Gasteiger partial charge in [0.25, 0.3) is 0 Å². The Morgan fingerprint density at radius 1 is 1.57 bits per heavy atom. The molecule has 1 aromatic heterocycles. The van der Waals surface area contributed by atoms with E-state index in [1.807, 2.05) is 0 Å². The van der Waals surface area contributed by atoms with E-state index in [0.29, 0.717) is 17.0 Å². The average molecular weight is 192 g/mol. The SMILES string of the molecule is Cc1nc2cc(N)c(C(=O)O)cc2o1. The van der Waals surface area contributed by atoms with Gasteiger partial charge in [-0.1, -0.05) is 0 Å². The summed E-state index contributed by atoms with van der Waals surface area (Å²) in [5.74, 6) is -0.583. The topological polar surface area (TPSA) is 89.3 Å². The van der Waals surface area contributed by atoms with Crippen LogP contribution in [0.4, 0.5) is 5.69 Å². The van der Waals surface area contributed by atoms with Crippen molar-refractivity contribution in [2.45, 2.75) is 6.92 Å². The Kier molecular flexibility index (Phi) is 1.67. The van der Waals surface area contributed by atoms with Gasteiger partial charge in [0, 0.05) is 12.6 Å². The van der Waals surface area contributed by atoms with E-state index < -0.39 is 5.97 Å². The van der Waals surface area contributed by atoms with Crippen molar-refractivity contribution in [3.63, 3.8) is 0 Å². The van der Waals surface area contributed by atoms with Crippen LogP contribution in [0.2, 0.25) is 0 Å². The molecule has 2 rings (SSSR count). The van der Waals surface area contributed by atoms with Crippen molar-refractivity contribution in [3.8, 4) is 0 Å². The third-order valence-corrected chi connectivity index (χ3v) is 1.90. The zero-order valence-corrected chi connectivity index (χ0v) is 7.44. The summed E-state index contributed by atoms with van der Waals surface area (Å²) in [6, 6.07) is 2.88. The quantitative estimate of drug-likeness (QED) is 0.667. The zero-order valence-electron chi connectivity index (χ0n) is 7.44. The van der Waals surface area contributed by atoms with Crippen LogP contribution >= 0.6 is 0 Å². The molecular formula is C9H8N2O3. The molecule has 0 saturated heterocycles. The van der Waals surface area contributed by atoms with Crippen molar-refractivity contribution >= 4 is 22.8 Å². The summed E-state index contributed by atoms with van der Waals surface area (Å²) >= 11 is 0. The molecule has 14 heavy (non-hydrogen) atoms. The summed E-state index contributed by atoms with van der Waals surface area (Å²) in [4.78, 5) is 14.8. The summed E-state index contributed by atoms with van der Waals surface area (Å²) in [7, 11) is 0. The number of anilines is 1.